The monoisotopic (exact) mass is 480 g/mol. The number of rotatable bonds is 6. The van der Waals surface area contributed by atoms with Crippen LogP contribution < -0.4 is 0 Å². The van der Waals surface area contributed by atoms with E-state index in [9.17, 15) is 10.2 Å². The molecular weight excluding hydrogens is 428 g/mol. The fraction of sp³-hybridized carbons (Fsp3) is 0.818. The standard InChI is InChI=1S/C33H52O2/c1-22(2)10-9-11-23(3)27-14-15-28-30-29(17-19-32(27,28)5)31(4)18-16-26(34)20-25(31)21-33(30,35)24-12-7-6-8-13-24/h6-8,12-13,22-23,25-30,34-35H,9-11,14-21H2,1-5H3/t23-,25?,26?,27-,28+,29+,30+,31+,32-,33?/m1/s1. The molecule has 0 bridgehead atoms. The lowest BCUT2D eigenvalue weighted by atomic mass is 9.40. The van der Waals surface area contributed by atoms with Gasteiger partial charge in [-0.3, -0.25) is 0 Å². The van der Waals surface area contributed by atoms with Crippen molar-refractivity contribution >= 4 is 0 Å². The molecule has 5 rings (SSSR count). The van der Waals surface area contributed by atoms with Crippen molar-refractivity contribution in [3.8, 4) is 0 Å². The Kier molecular flexibility index (Phi) is 6.97. The molecule has 10 atom stereocenters. The van der Waals surface area contributed by atoms with E-state index in [4.69, 9.17) is 0 Å². The normalized spacial score (nSPS) is 46.1. The van der Waals surface area contributed by atoms with Gasteiger partial charge in [0.2, 0.25) is 0 Å². The molecule has 0 radical (unpaired) electrons. The average Bonchev–Trinajstić information content (AvgIpc) is 3.17. The zero-order valence-corrected chi connectivity index (χ0v) is 23.2. The van der Waals surface area contributed by atoms with E-state index < -0.39 is 5.60 Å². The fourth-order valence-electron chi connectivity index (χ4n) is 10.3. The summed E-state index contributed by atoms with van der Waals surface area (Å²) in [4.78, 5) is 0. The molecule has 4 aliphatic carbocycles. The highest BCUT2D eigenvalue weighted by atomic mass is 16.3. The van der Waals surface area contributed by atoms with Crippen molar-refractivity contribution in [2.45, 2.75) is 117 Å². The molecule has 0 aliphatic heterocycles. The third-order valence-electron chi connectivity index (χ3n) is 12.2. The second-order valence-corrected chi connectivity index (χ2v) is 14.4. The molecule has 2 nitrogen and oxygen atoms in total. The highest BCUT2D eigenvalue weighted by Crippen LogP contribution is 2.71. The maximum Gasteiger partial charge on any atom is 0.0933 e. The van der Waals surface area contributed by atoms with Gasteiger partial charge in [0, 0.05) is 0 Å². The lowest BCUT2D eigenvalue weighted by Crippen LogP contribution is -2.62. The first-order chi connectivity index (χ1) is 16.6. The molecule has 196 valence electrons. The molecule has 0 spiro atoms. The van der Waals surface area contributed by atoms with Gasteiger partial charge in [0.25, 0.3) is 0 Å². The van der Waals surface area contributed by atoms with Gasteiger partial charge in [0.05, 0.1) is 11.7 Å². The lowest BCUT2D eigenvalue weighted by molar-refractivity contribution is -0.224. The summed E-state index contributed by atoms with van der Waals surface area (Å²) < 4.78 is 0. The summed E-state index contributed by atoms with van der Waals surface area (Å²) >= 11 is 0. The second-order valence-electron chi connectivity index (χ2n) is 14.4. The number of aliphatic hydroxyl groups excluding tert-OH is 1. The predicted octanol–water partition coefficient (Wildman–Crippen LogP) is 7.97. The van der Waals surface area contributed by atoms with Crippen LogP contribution in [0.25, 0.3) is 0 Å². The van der Waals surface area contributed by atoms with Gasteiger partial charge >= 0.3 is 0 Å². The molecule has 2 N–H and O–H groups in total. The van der Waals surface area contributed by atoms with E-state index >= 15 is 0 Å². The molecule has 0 saturated heterocycles. The molecule has 3 unspecified atom stereocenters. The maximum absolute atomic E-state index is 12.8. The summed E-state index contributed by atoms with van der Waals surface area (Å²) in [5, 5.41) is 23.4. The highest BCUT2D eigenvalue weighted by molar-refractivity contribution is 5.28. The summed E-state index contributed by atoms with van der Waals surface area (Å²) in [6.45, 7) is 12.4. The molecule has 1 aromatic rings. The first-order valence-corrected chi connectivity index (χ1v) is 15.1. The molecule has 35 heavy (non-hydrogen) atoms. The first-order valence-electron chi connectivity index (χ1n) is 15.1. The van der Waals surface area contributed by atoms with Gasteiger partial charge in [0.1, 0.15) is 0 Å². The zero-order chi connectivity index (χ0) is 25.0. The summed E-state index contributed by atoms with van der Waals surface area (Å²) in [7, 11) is 0. The highest BCUT2D eigenvalue weighted by Gasteiger charge is 2.67. The lowest BCUT2D eigenvalue weighted by Gasteiger charge is -2.65. The van der Waals surface area contributed by atoms with E-state index in [1.54, 1.807) is 0 Å². The molecule has 1 aromatic carbocycles. The quantitative estimate of drug-likeness (QED) is 0.433. The Bertz CT molecular complexity index is 865. The number of hydrogen-bond donors (Lipinski definition) is 2. The fourth-order valence-corrected chi connectivity index (χ4v) is 10.3. The summed E-state index contributed by atoms with van der Waals surface area (Å²) in [6.07, 6.45) is 12.9. The van der Waals surface area contributed by atoms with E-state index in [-0.39, 0.29) is 11.5 Å². The molecule has 0 amide bonds. The number of benzene rings is 1. The van der Waals surface area contributed by atoms with Gasteiger partial charge in [-0.1, -0.05) is 84.2 Å². The van der Waals surface area contributed by atoms with Crippen molar-refractivity contribution in [3.63, 3.8) is 0 Å². The van der Waals surface area contributed by atoms with Crippen molar-refractivity contribution in [1.82, 2.24) is 0 Å². The Hall–Kier alpha value is -0.860. The smallest absolute Gasteiger partial charge is 0.0933 e. The van der Waals surface area contributed by atoms with Crippen LogP contribution in [0.1, 0.15) is 111 Å². The molecule has 0 heterocycles. The first kappa shape index (κ1) is 25.8. The number of hydrogen-bond acceptors (Lipinski definition) is 2. The minimum absolute atomic E-state index is 0.193. The van der Waals surface area contributed by atoms with Crippen LogP contribution in [0.15, 0.2) is 30.3 Å². The van der Waals surface area contributed by atoms with E-state index in [0.717, 1.165) is 49.0 Å². The van der Waals surface area contributed by atoms with Gasteiger partial charge in [-0.25, -0.2) is 0 Å². The van der Waals surface area contributed by atoms with Crippen LogP contribution in [0, 0.1) is 52.3 Å². The van der Waals surface area contributed by atoms with Crippen molar-refractivity contribution in [2.75, 3.05) is 0 Å². The Labute approximate surface area is 215 Å². The topological polar surface area (TPSA) is 40.5 Å². The van der Waals surface area contributed by atoms with Crippen molar-refractivity contribution in [2.24, 2.45) is 52.3 Å². The van der Waals surface area contributed by atoms with Crippen LogP contribution in [-0.4, -0.2) is 16.3 Å². The van der Waals surface area contributed by atoms with E-state index in [0.29, 0.717) is 29.1 Å². The Balaban J connectivity index is 1.49. The van der Waals surface area contributed by atoms with Gasteiger partial charge in [-0.2, -0.15) is 0 Å². The third-order valence-corrected chi connectivity index (χ3v) is 12.2. The molecule has 4 saturated carbocycles. The van der Waals surface area contributed by atoms with Crippen LogP contribution in [0.3, 0.4) is 0 Å². The summed E-state index contributed by atoms with van der Waals surface area (Å²) in [6, 6.07) is 10.7. The minimum atomic E-state index is -0.769. The molecule has 0 aromatic heterocycles. The van der Waals surface area contributed by atoms with Gasteiger partial charge in [0.15, 0.2) is 0 Å². The van der Waals surface area contributed by atoms with E-state index in [1.807, 2.05) is 0 Å². The van der Waals surface area contributed by atoms with Gasteiger partial charge < -0.3 is 10.2 Å². The maximum atomic E-state index is 12.8. The average molecular weight is 481 g/mol. The molecular formula is C33H52O2. The molecule has 4 aliphatic rings. The molecule has 2 heteroatoms. The number of fused-ring (bicyclic) bond motifs is 5. The third kappa shape index (κ3) is 4.23. The minimum Gasteiger partial charge on any atom is -0.393 e. The van der Waals surface area contributed by atoms with Crippen molar-refractivity contribution < 1.29 is 10.2 Å². The van der Waals surface area contributed by atoms with Crippen molar-refractivity contribution in [1.29, 1.82) is 0 Å². The van der Waals surface area contributed by atoms with E-state index in [1.165, 1.54) is 44.9 Å². The van der Waals surface area contributed by atoms with Crippen LogP contribution in [0.5, 0.6) is 0 Å². The zero-order valence-electron chi connectivity index (χ0n) is 23.2. The summed E-state index contributed by atoms with van der Waals surface area (Å²) in [5.74, 6) is 4.29. The summed E-state index contributed by atoms with van der Waals surface area (Å²) in [5.41, 5.74) is 0.968. The Morgan fingerprint density at radius 1 is 0.886 bits per heavy atom. The SMILES string of the molecule is CC(C)CCC[C@@H](C)[C@H]1CC[C@H]2[C@H]3[C@H](CC[C@]12C)[C@@]1(C)CCC(O)CC1CC3(O)c1ccccc1. The molecule has 4 fully saturated rings. The van der Waals surface area contributed by atoms with E-state index in [2.05, 4.69) is 65.0 Å². The largest absolute Gasteiger partial charge is 0.393 e. The Morgan fingerprint density at radius 2 is 1.57 bits per heavy atom. The van der Waals surface area contributed by atoms with Crippen molar-refractivity contribution in [3.05, 3.63) is 35.9 Å². The van der Waals surface area contributed by atoms with Gasteiger partial charge in [-0.05, 0) is 109 Å². The van der Waals surface area contributed by atoms with Gasteiger partial charge in [-0.15, -0.1) is 0 Å². The van der Waals surface area contributed by atoms with Crippen LogP contribution >= 0.6 is 0 Å². The van der Waals surface area contributed by atoms with Crippen LogP contribution in [0.4, 0.5) is 0 Å². The van der Waals surface area contributed by atoms with Crippen LogP contribution in [-0.2, 0) is 5.60 Å². The predicted molar refractivity (Wildman–Crippen MR) is 145 cm³/mol. The Morgan fingerprint density at radius 3 is 2.29 bits per heavy atom. The number of aliphatic hydroxyl groups is 2. The second kappa shape index (κ2) is 9.46. The van der Waals surface area contributed by atoms with Crippen LogP contribution in [0.2, 0.25) is 0 Å².